The van der Waals surface area contributed by atoms with Gasteiger partial charge < -0.3 is 24.8 Å². The fraction of sp³-hybridized carbons (Fsp3) is 0.458. The molecule has 0 aromatic heterocycles. The normalized spacial score (nSPS) is 16.6. The lowest BCUT2D eigenvalue weighted by Gasteiger charge is -2.26. The Bertz CT molecular complexity index is 870. The Kier molecular flexibility index (Phi) is 9.89. The minimum absolute atomic E-state index is 0. The van der Waals surface area contributed by atoms with Crippen LogP contribution in [0.3, 0.4) is 0 Å². The Balaban J connectivity index is 0.00000289. The zero-order valence-electron chi connectivity index (χ0n) is 18.6. The van der Waals surface area contributed by atoms with Crippen LogP contribution in [0.4, 0.5) is 5.69 Å². The molecule has 0 aliphatic carbocycles. The predicted molar refractivity (Wildman–Crippen MR) is 138 cm³/mol. The van der Waals surface area contributed by atoms with E-state index in [1.54, 1.807) is 0 Å². The Hall–Kier alpha value is -2.04. The van der Waals surface area contributed by atoms with Gasteiger partial charge in [-0.25, -0.2) is 4.99 Å². The van der Waals surface area contributed by atoms with Gasteiger partial charge in [0.25, 0.3) is 0 Å². The van der Waals surface area contributed by atoms with Crippen LogP contribution in [0, 0.1) is 0 Å². The van der Waals surface area contributed by atoms with Crippen LogP contribution in [0.5, 0.6) is 11.5 Å². The molecule has 0 amide bonds. The second-order valence-corrected chi connectivity index (χ2v) is 7.74. The predicted octanol–water partition coefficient (Wildman–Crippen LogP) is 3.88. The van der Waals surface area contributed by atoms with Gasteiger partial charge in [0.1, 0.15) is 0 Å². The molecule has 0 radical (unpaired) electrons. The number of anilines is 1. The molecule has 32 heavy (non-hydrogen) atoms. The molecule has 174 valence electrons. The van der Waals surface area contributed by atoms with Crippen molar-refractivity contribution in [1.82, 2.24) is 10.2 Å². The first-order valence-corrected chi connectivity index (χ1v) is 11.1. The molecule has 2 N–H and O–H groups in total. The minimum atomic E-state index is 0. The number of ether oxygens (including phenoxy) is 3. The maximum atomic E-state index is 5.79. The van der Waals surface area contributed by atoms with Gasteiger partial charge in [-0.3, -0.25) is 4.90 Å². The topological polar surface area (TPSA) is 67.4 Å². The van der Waals surface area contributed by atoms with Crippen LogP contribution in [-0.4, -0.2) is 56.9 Å². The van der Waals surface area contributed by atoms with Crippen LogP contribution < -0.4 is 20.1 Å². The molecule has 2 heterocycles. The lowest BCUT2D eigenvalue weighted by atomic mass is 10.1. The average Bonchev–Trinajstić information content (AvgIpc) is 3.04. The number of nitrogens with zero attached hydrogens (tertiary/aromatic N) is 2. The molecule has 0 unspecified atom stereocenters. The summed E-state index contributed by atoms with van der Waals surface area (Å²) in [6.07, 6.45) is 0.896. The van der Waals surface area contributed by atoms with Crippen molar-refractivity contribution in [2.24, 2.45) is 4.99 Å². The van der Waals surface area contributed by atoms with Crippen molar-refractivity contribution in [2.75, 3.05) is 51.4 Å². The van der Waals surface area contributed by atoms with E-state index in [9.17, 15) is 0 Å². The summed E-state index contributed by atoms with van der Waals surface area (Å²) >= 11 is 0. The highest BCUT2D eigenvalue weighted by Gasteiger charge is 2.12. The molecule has 2 aliphatic heterocycles. The number of guanidine groups is 1. The number of fused-ring (bicyclic) bond motifs is 1. The lowest BCUT2D eigenvalue weighted by molar-refractivity contribution is 0.0342. The number of morpholine rings is 1. The fourth-order valence-electron chi connectivity index (χ4n) is 3.62. The van der Waals surface area contributed by atoms with E-state index in [4.69, 9.17) is 19.2 Å². The standard InChI is InChI=1S/C24H32N4O3.HI/c1-2-25-24(27-21-8-9-22-23(16-21)31-13-3-12-30-22)26-17-19-4-6-20(7-5-19)18-28-10-14-29-15-11-28;/h4-9,16H,2-3,10-15,17-18H2,1H3,(H2,25,26,27);1H. The summed E-state index contributed by atoms with van der Waals surface area (Å²) in [5.41, 5.74) is 3.43. The largest absolute Gasteiger partial charge is 0.490 e. The molecular weight excluding hydrogens is 519 g/mol. The van der Waals surface area contributed by atoms with Crippen LogP contribution in [-0.2, 0) is 17.8 Å². The zero-order chi connectivity index (χ0) is 21.3. The summed E-state index contributed by atoms with van der Waals surface area (Å²) in [5.74, 6) is 2.31. The Labute approximate surface area is 207 Å². The van der Waals surface area contributed by atoms with Crippen LogP contribution in [0.1, 0.15) is 24.5 Å². The molecule has 1 saturated heterocycles. The van der Waals surface area contributed by atoms with Gasteiger partial charge in [0.05, 0.1) is 33.0 Å². The maximum absolute atomic E-state index is 5.79. The number of hydrogen-bond acceptors (Lipinski definition) is 5. The molecule has 0 spiro atoms. The number of rotatable bonds is 6. The fourth-order valence-corrected chi connectivity index (χ4v) is 3.62. The van der Waals surface area contributed by atoms with Crippen molar-refractivity contribution >= 4 is 35.6 Å². The number of halogens is 1. The van der Waals surface area contributed by atoms with Gasteiger partial charge in [-0.05, 0) is 30.2 Å². The summed E-state index contributed by atoms with van der Waals surface area (Å²) in [7, 11) is 0. The van der Waals surface area contributed by atoms with E-state index in [1.807, 2.05) is 18.2 Å². The summed E-state index contributed by atoms with van der Waals surface area (Å²) in [6, 6.07) is 14.6. The molecule has 8 heteroatoms. The number of hydrogen-bond donors (Lipinski definition) is 2. The van der Waals surface area contributed by atoms with Crippen molar-refractivity contribution in [3.05, 3.63) is 53.6 Å². The van der Waals surface area contributed by atoms with Gasteiger partial charge in [-0.1, -0.05) is 24.3 Å². The number of aliphatic imine (C=N–C) groups is 1. The first-order chi connectivity index (χ1) is 15.3. The summed E-state index contributed by atoms with van der Waals surface area (Å²) in [6.45, 7) is 9.46. The van der Waals surface area contributed by atoms with E-state index in [1.165, 1.54) is 11.1 Å². The molecule has 2 aliphatic rings. The molecule has 0 bridgehead atoms. The van der Waals surface area contributed by atoms with Gasteiger partial charge in [-0.15, -0.1) is 24.0 Å². The second-order valence-electron chi connectivity index (χ2n) is 7.74. The van der Waals surface area contributed by atoms with Gasteiger partial charge in [0.15, 0.2) is 17.5 Å². The van der Waals surface area contributed by atoms with Crippen molar-refractivity contribution in [1.29, 1.82) is 0 Å². The molecule has 0 atom stereocenters. The van der Waals surface area contributed by atoms with Crippen LogP contribution in [0.15, 0.2) is 47.5 Å². The summed E-state index contributed by atoms with van der Waals surface area (Å²) in [4.78, 5) is 7.18. The van der Waals surface area contributed by atoms with Crippen LogP contribution in [0.25, 0.3) is 0 Å². The molecule has 4 rings (SSSR count). The number of nitrogens with one attached hydrogen (secondary N) is 2. The second kappa shape index (κ2) is 12.9. The van der Waals surface area contributed by atoms with E-state index in [0.717, 1.165) is 69.0 Å². The smallest absolute Gasteiger partial charge is 0.196 e. The third-order valence-corrected chi connectivity index (χ3v) is 5.31. The maximum Gasteiger partial charge on any atom is 0.196 e. The molecule has 2 aromatic carbocycles. The van der Waals surface area contributed by atoms with E-state index in [-0.39, 0.29) is 24.0 Å². The van der Waals surface area contributed by atoms with Crippen LogP contribution >= 0.6 is 24.0 Å². The molecule has 1 fully saturated rings. The summed E-state index contributed by atoms with van der Waals surface area (Å²) < 4.78 is 16.9. The molecule has 0 saturated carbocycles. The third kappa shape index (κ3) is 7.25. The first-order valence-electron chi connectivity index (χ1n) is 11.1. The van der Waals surface area contributed by atoms with E-state index >= 15 is 0 Å². The minimum Gasteiger partial charge on any atom is -0.490 e. The van der Waals surface area contributed by atoms with E-state index in [0.29, 0.717) is 19.8 Å². The Morgan fingerprint density at radius 3 is 2.41 bits per heavy atom. The van der Waals surface area contributed by atoms with Gasteiger partial charge in [0.2, 0.25) is 0 Å². The highest BCUT2D eigenvalue weighted by Crippen LogP contribution is 2.32. The molecular formula is C24H33IN4O3. The highest BCUT2D eigenvalue weighted by atomic mass is 127. The Morgan fingerprint density at radius 2 is 1.66 bits per heavy atom. The van der Waals surface area contributed by atoms with Crippen LogP contribution in [0.2, 0.25) is 0 Å². The van der Waals surface area contributed by atoms with Crippen molar-refractivity contribution in [2.45, 2.75) is 26.4 Å². The van der Waals surface area contributed by atoms with Crippen molar-refractivity contribution in [3.8, 4) is 11.5 Å². The number of benzene rings is 2. The SMILES string of the molecule is CCNC(=NCc1ccc(CN2CCOCC2)cc1)Nc1ccc2c(c1)OCCCO2.I. The average molecular weight is 552 g/mol. The van der Waals surface area contributed by atoms with E-state index < -0.39 is 0 Å². The van der Waals surface area contributed by atoms with Gasteiger partial charge in [0, 0.05) is 44.4 Å². The lowest BCUT2D eigenvalue weighted by Crippen LogP contribution is -2.35. The monoisotopic (exact) mass is 552 g/mol. The molecule has 7 nitrogen and oxygen atoms in total. The Morgan fingerprint density at radius 1 is 0.938 bits per heavy atom. The van der Waals surface area contributed by atoms with Crippen molar-refractivity contribution in [3.63, 3.8) is 0 Å². The highest BCUT2D eigenvalue weighted by molar-refractivity contribution is 14.0. The third-order valence-electron chi connectivity index (χ3n) is 5.31. The quantitative estimate of drug-likeness (QED) is 0.322. The van der Waals surface area contributed by atoms with Gasteiger partial charge in [-0.2, -0.15) is 0 Å². The van der Waals surface area contributed by atoms with E-state index in [2.05, 4.69) is 46.7 Å². The summed E-state index contributed by atoms with van der Waals surface area (Å²) in [5, 5.41) is 6.68. The van der Waals surface area contributed by atoms with Gasteiger partial charge >= 0.3 is 0 Å². The molecule has 2 aromatic rings. The first kappa shape index (κ1) is 24.6. The van der Waals surface area contributed by atoms with Crippen molar-refractivity contribution < 1.29 is 14.2 Å². The zero-order valence-corrected chi connectivity index (χ0v) is 21.0.